The van der Waals surface area contributed by atoms with Gasteiger partial charge in [0.1, 0.15) is 6.26 Å². The van der Waals surface area contributed by atoms with Crippen LogP contribution in [0.15, 0.2) is 10.7 Å². The molecule has 0 bridgehead atoms. The fourth-order valence-corrected chi connectivity index (χ4v) is 1.19. The van der Waals surface area contributed by atoms with Crippen molar-refractivity contribution >= 4 is 11.9 Å². The van der Waals surface area contributed by atoms with Gasteiger partial charge >= 0.3 is 6.01 Å². The molecule has 1 heterocycles. The monoisotopic (exact) mass is 227 g/mol. The van der Waals surface area contributed by atoms with Crippen LogP contribution < -0.4 is 11.1 Å². The van der Waals surface area contributed by atoms with E-state index in [4.69, 9.17) is 14.9 Å². The molecule has 1 unspecified atom stereocenters. The van der Waals surface area contributed by atoms with Crippen LogP contribution in [-0.2, 0) is 9.53 Å². The lowest BCUT2D eigenvalue weighted by atomic mass is 10.1. The minimum atomic E-state index is -0.567. The van der Waals surface area contributed by atoms with Gasteiger partial charge in [-0.3, -0.25) is 10.1 Å². The molecule has 0 aliphatic carbocycles. The molecule has 0 saturated heterocycles. The number of nitrogens with one attached hydrogen (secondary N) is 1. The first-order valence-corrected chi connectivity index (χ1v) is 5.11. The highest BCUT2D eigenvalue weighted by Gasteiger charge is 2.15. The van der Waals surface area contributed by atoms with Gasteiger partial charge in [0.25, 0.3) is 0 Å². The van der Waals surface area contributed by atoms with Crippen LogP contribution in [0.3, 0.4) is 0 Å². The Hall–Kier alpha value is -1.40. The summed E-state index contributed by atoms with van der Waals surface area (Å²) in [5.41, 5.74) is 6.39. The number of carbonyl (C=O) groups excluding carboxylic acids is 1. The number of aromatic nitrogens is 1. The Balaban J connectivity index is 2.34. The first-order valence-electron chi connectivity index (χ1n) is 5.11. The third-order valence-corrected chi connectivity index (χ3v) is 2.05. The van der Waals surface area contributed by atoms with Crippen LogP contribution in [0.2, 0.25) is 0 Å². The summed E-state index contributed by atoms with van der Waals surface area (Å²) < 4.78 is 9.86. The Morgan fingerprint density at radius 2 is 2.50 bits per heavy atom. The summed E-state index contributed by atoms with van der Waals surface area (Å²) in [6.07, 6.45) is 2.78. The molecule has 90 valence electrons. The number of hydrogen-bond acceptors (Lipinski definition) is 5. The van der Waals surface area contributed by atoms with Crippen LogP contribution in [0.4, 0.5) is 6.01 Å². The molecule has 0 aliphatic rings. The molecule has 1 atom stereocenters. The number of ether oxygens (including phenoxy) is 1. The number of aryl methyl sites for hydroxylation is 1. The van der Waals surface area contributed by atoms with Gasteiger partial charge < -0.3 is 14.9 Å². The third-order valence-electron chi connectivity index (χ3n) is 2.05. The van der Waals surface area contributed by atoms with Crippen LogP contribution in [0.25, 0.3) is 0 Å². The summed E-state index contributed by atoms with van der Waals surface area (Å²) in [6.45, 7) is 2.37. The first-order chi connectivity index (χ1) is 7.63. The number of nitrogens with two attached hydrogens (primary N) is 1. The molecule has 0 radical (unpaired) electrons. The number of anilines is 1. The van der Waals surface area contributed by atoms with Crippen LogP contribution in [0.5, 0.6) is 0 Å². The van der Waals surface area contributed by atoms with Gasteiger partial charge in [0.15, 0.2) is 0 Å². The fraction of sp³-hybridized carbons (Fsp3) is 0.600. The molecule has 0 aromatic carbocycles. The van der Waals surface area contributed by atoms with E-state index >= 15 is 0 Å². The second-order valence-corrected chi connectivity index (χ2v) is 3.52. The summed E-state index contributed by atoms with van der Waals surface area (Å²) in [5, 5.41) is 2.51. The molecular formula is C10H17N3O3. The third kappa shape index (κ3) is 4.00. The highest BCUT2D eigenvalue weighted by atomic mass is 16.5. The van der Waals surface area contributed by atoms with Crippen molar-refractivity contribution in [2.45, 2.75) is 25.8 Å². The molecule has 3 N–H and O–H groups in total. The minimum absolute atomic E-state index is 0.185. The smallest absolute Gasteiger partial charge is 0.301 e. The van der Waals surface area contributed by atoms with Crippen molar-refractivity contribution < 1.29 is 13.9 Å². The van der Waals surface area contributed by atoms with E-state index < -0.39 is 6.04 Å². The molecule has 1 aromatic rings. The van der Waals surface area contributed by atoms with E-state index in [2.05, 4.69) is 10.3 Å². The van der Waals surface area contributed by atoms with E-state index in [9.17, 15) is 4.79 Å². The molecule has 6 heteroatoms. The van der Waals surface area contributed by atoms with Crippen molar-refractivity contribution in [2.24, 2.45) is 5.73 Å². The molecule has 1 rings (SSSR count). The average Bonchev–Trinajstić information content (AvgIpc) is 2.64. The average molecular weight is 227 g/mol. The Morgan fingerprint density at radius 1 is 1.75 bits per heavy atom. The van der Waals surface area contributed by atoms with Crippen molar-refractivity contribution in [2.75, 3.05) is 19.0 Å². The van der Waals surface area contributed by atoms with E-state index in [1.165, 1.54) is 6.26 Å². The van der Waals surface area contributed by atoms with Gasteiger partial charge in [-0.2, -0.15) is 4.98 Å². The largest absolute Gasteiger partial charge is 0.432 e. The van der Waals surface area contributed by atoms with Gasteiger partial charge in [0.2, 0.25) is 5.91 Å². The van der Waals surface area contributed by atoms with E-state index in [0.29, 0.717) is 18.7 Å². The second-order valence-electron chi connectivity index (χ2n) is 3.52. The normalized spacial score (nSPS) is 12.4. The number of nitrogens with zero attached hydrogens (tertiary/aromatic N) is 1. The maximum atomic E-state index is 11.5. The van der Waals surface area contributed by atoms with Crippen LogP contribution in [0, 0.1) is 6.92 Å². The van der Waals surface area contributed by atoms with Gasteiger partial charge in [-0.25, -0.2) is 0 Å². The highest BCUT2D eigenvalue weighted by molar-refractivity contribution is 5.92. The topological polar surface area (TPSA) is 90.4 Å². The van der Waals surface area contributed by atoms with Crippen LogP contribution >= 0.6 is 0 Å². The van der Waals surface area contributed by atoms with Gasteiger partial charge in [0.05, 0.1) is 11.7 Å². The number of methoxy groups -OCH3 is 1. The molecule has 0 spiro atoms. The summed E-state index contributed by atoms with van der Waals surface area (Å²) in [7, 11) is 1.61. The van der Waals surface area contributed by atoms with Crippen molar-refractivity contribution in [3.8, 4) is 0 Å². The Bertz CT molecular complexity index is 338. The van der Waals surface area contributed by atoms with Gasteiger partial charge in [-0.05, 0) is 19.8 Å². The van der Waals surface area contributed by atoms with Crippen molar-refractivity contribution in [3.63, 3.8) is 0 Å². The Labute approximate surface area is 94.2 Å². The van der Waals surface area contributed by atoms with E-state index in [-0.39, 0.29) is 11.9 Å². The molecule has 0 saturated carbocycles. The molecule has 16 heavy (non-hydrogen) atoms. The van der Waals surface area contributed by atoms with Crippen LogP contribution in [0.1, 0.15) is 18.5 Å². The Kier molecular flexibility index (Phi) is 4.94. The summed E-state index contributed by atoms with van der Waals surface area (Å²) in [6, 6.07) is -0.382. The predicted octanol–water partition coefficient (Wildman–Crippen LogP) is 0.675. The zero-order chi connectivity index (χ0) is 12.0. The molecule has 0 fully saturated rings. The van der Waals surface area contributed by atoms with E-state index in [1.54, 1.807) is 14.0 Å². The maximum Gasteiger partial charge on any atom is 0.301 e. The predicted molar refractivity (Wildman–Crippen MR) is 59.0 cm³/mol. The van der Waals surface area contributed by atoms with Gasteiger partial charge in [-0.1, -0.05) is 0 Å². The highest BCUT2D eigenvalue weighted by Crippen LogP contribution is 2.07. The number of amides is 1. The maximum absolute atomic E-state index is 11.5. The number of rotatable bonds is 6. The van der Waals surface area contributed by atoms with Crippen molar-refractivity contribution in [1.82, 2.24) is 4.98 Å². The van der Waals surface area contributed by atoms with Gasteiger partial charge in [0, 0.05) is 13.7 Å². The summed E-state index contributed by atoms with van der Waals surface area (Å²) in [5.74, 6) is -0.294. The van der Waals surface area contributed by atoms with Crippen molar-refractivity contribution in [1.29, 1.82) is 0 Å². The molecular weight excluding hydrogens is 210 g/mol. The van der Waals surface area contributed by atoms with E-state index in [1.807, 2.05) is 0 Å². The lowest BCUT2D eigenvalue weighted by Crippen LogP contribution is -2.35. The Morgan fingerprint density at radius 3 is 3.06 bits per heavy atom. The molecule has 6 nitrogen and oxygen atoms in total. The molecule has 1 amide bonds. The first kappa shape index (κ1) is 12.7. The summed E-state index contributed by atoms with van der Waals surface area (Å²) >= 11 is 0. The zero-order valence-electron chi connectivity index (χ0n) is 9.53. The number of carbonyl (C=O) groups is 1. The zero-order valence-corrected chi connectivity index (χ0v) is 9.53. The lowest BCUT2D eigenvalue weighted by molar-refractivity contribution is -0.117. The molecule has 1 aromatic heterocycles. The van der Waals surface area contributed by atoms with E-state index in [0.717, 1.165) is 6.42 Å². The lowest BCUT2D eigenvalue weighted by Gasteiger charge is -2.09. The molecule has 0 aliphatic heterocycles. The fourth-order valence-electron chi connectivity index (χ4n) is 1.19. The number of oxazole rings is 1. The quantitative estimate of drug-likeness (QED) is 0.697. The number of hydrogen-bond donors (Lipinski definition) is 2. The van der Waals surface area contributed by atoms with Crippen molar-refractivity contribution in [3.05, 3.63) is 12.0 Å². The van der Waals surface area contributed by atoms with Crippen LogP contribution in [-0.4, -0.2) is 30.6 Å². The second kappa shape index (κ2) is 6.24. The minimum Gasteiger partial charge on any atom is -0.432 e. The standard InChI is InChI=1S/C10H17N3O3/c1-7-6-16-10(12-7)13-9(14)8(11)4-3-5-15-2/h6,8H,3-5,11H2,1-2H3,(H,12,13,14). The SMILES string of the molecule is COCCCC(N)C(=O)Nc1nc(C)co1. The van der Waals surface area contributed by atoms with Gasteiger partial charge in [-0.15, -0.1) is 0 Å². The summed E-state index contributed by atoms with van der Waals surface area (Å²) in [4.78, 5) is 15.5.